The number of nitrogens with zero attached hydrogens (tertiary/aromatic N) is 4. The summed E-state index contributed by atoms with van der Waals surface area (Å²) in [6.07, 6.45) is 3.77. The first kappa shape index (κ1) is 19.4. The smallest absolute Gasteiger partial charge is 0.255 e. The van der Waals surface area contributed by atoms with Crippen molar-refractivity contribution in [2.24, 2.45) is 0 Å². The fourth-order valence-electron chi connectivity index (χ4n) is 3.74. The van der Waals surface area contributed by atoms with Gasteiger partial charge in [-0.25, -0.2) is 4.98 Å². The zero-order valence-corrected chi connectivity index (χ0v) is 16.6. The molecule has 7 heteroatoms. The van der Waals surface area contributed by atoms with Gasteiger partial charge in [0.2, 0.25) is 0 Å². The summed E-state index contributed by atoms with van der Waals surface area (Å²) in [4.78, 5) is 23.2. The van der Waals surface area contributed by atoms with Crippen molar-refractivity contribution < 1.29 is 9.53 Å². The van der Waals surface area contributed by atoms with Gasteiger partial charge in [-0.1, -0.05) is 12.1 Å². The Labute approximate surface area is 174 Å². The summed E-state index contributed by atoms with van der Waals surface area (Å²) in [5.74, 6) is 0.873. The van der Waals surface area contributed by atoms with Gasteiger partial charge in [0.15, 0.2) is 0 Å². The first-order chi connectivity index (χ1) is 14.6. The summed E-state index contributed by atoms with van der Waals surface area (Å²) in [6.45, 7) is 3.39. The third-order valence-electron chi connectivity index (χ3n) is 5.14. The molecule has 1 aliphatic heterocycles. The number of hydrogen-bond donors (Lipinski definition) is 1. The van der Waals surface area contributed by atoms with Crippen molar-refractivity contribution in [3.8, 4) is 22.9 Å². The van der Waals surface area contributed by atoms with Gasteiger partial charge in [0, 0.05) is 43.0 Å². The molecule has 0 atom stereocenters. The molecule has 0 aliphatic carbocycles. The lowest BCUT2D eigenvalue weighted by atomic mass is 9.91. The number of nitriles is 1. The number of aromatic nitrogens is 2. The number of rotatable bonds is 4. The lowest BCUT2D eigenvalue weighted by Gasteiger charge is -2.30. The van der Waals surface area contributed by atoms with Crippen molar-refractivity contribution in [3.63, 3.8) is 0 Å². The molecule has 0 radical (unpaired) electrons. The first-order valence-electron chi connectivity index (χ1n) is 9.76. The Bertz CT molecular complexity index is 1120. The first-order valence-corrected chi connectivity index (χ1v) is 9.76. The van der Waals surface area contributed by atoms with Gasteiger partial charge >= 0.3 is 0 Å². The van der Waals surface area contributed by atoms with Crippen LogP contribution in [0.25, 0.3) is 11.1 Å². The Balaban J connectivity index is 1.77. The molecule has 0 saturated heterocycles. The van der Waals surface area contributed by atoms with Gasteiger partial charge < -0.3 is 15.4 Å². The molecule has 30 heavy (non-hydrogen) atoms. The van der Waals surface area contributed by atoms with E-state index < -0.39 is 0 Å². The van der Waals surface area contributed by atoms with Gasteiger partial charge in [0.05, 0.1) is 17.9 Å². The van der Waals surface area contributed by atoms with Gasteiger partial charge in [0.1, 0.15) is 23.2 Å². The predicted octanol–water partition coefficient (Wildman–Crippen LogP) is 3.19. The summed E-state index contributed by atoms with van der Waals surface area (Å²) in [5, 5.41) is 9.77. The van der Waals surface area contributed by atoms with Crippen LogP contribution in [0.2, 0.25) is 0 Å². The van der Waals surface area contributed by atoms with Crippen LogP contribution < -0.4 is 10.5 Å². The highest BCUT2D eigenvalue weighted by molar-refractivity contribution is 5.94. The number of nitrogen functional groups attached to an aromatic ring is 1. The molecular formula is C23H21N5O2. The number of nitrogens with two attached hydrogens (primary N) is 1. The van der Waals surface area contributed by atoms with Crippen LogP contribution in [0, 0.1) is 11.3 Å². The van der Waals surface area contributed by atoms with E-state index in [-0.39, 0.29) is 11.7 Å². The van der Waals surface area contributed by atoms with Gasteiger partial charge in [-0.05, 0) is 36.8 Å². The summed E-state index contributed by atoms with van der Waals surface area (Å²) >= 11 is 0. The molecule has 3 heterocycles. The second-order valence-corrected chi connectivity index (χ2v) is 6.96. The van der Waals surface area contributed by atoms with E-state index in [1.54, 1.807) is 29.4 Å². The Morgan fingerprint density at radius 3 is 2.77 bits per heavy atom. The zero-order valence-electron chi connectivity index (χ0n) is 16.6. The van der Waals surface area contributed by atoms with Crippen molar-refractivity contribution >= 4 is 11.7 Å². The van der Waals surface area contributed by atoms with Crippen LogP contribution in [0.4, 0.5) is 5.82 Å². The third-order valence-corrected chi connectivity index (χ3v) is 5.14. The molecular weight excluding hydrogens is 378 g/mol. The lowest BCUT2D eigenvalue weighted by molar-refractivity contribution is 0.0733. The average molecular weight is 399 g/mol. The van der Waals surface area contributed by atoms with Crippen molar-refractivity contribution in [2.75, 3.05) is 18.9 Å². The zero-order chi connectivity index (χ0) is 21.1. The number of benzene rings is 1. The van der Waals surface area contributed by atoms with Gasteiger partial charge in [-0.15, -0.1) is 0 Å². The SMILES string of the molecule is CCOc1ccc(-c2c(C#N)c(N)nc3c2CN(C(=O)c2cccnc2)CC3)cc1. The van der Waals surface area contributed by atoms with Crippen LogP contribution in [-0.4, -0.2) is 33.9 Å². The van der Waals surface area contributed by atoms with E-state index in [9.17, 15) is 10.1 Å². The van der Waals surface area contributed by atoms with Crippen molar-refractivity contribution in [1.29, 1.82) is 5.26 Å². The quantitative estimate of drug-likeness (QED) is 0.722. The minimum atomic E-state index is -0.0956. The van der Waals surface area contributed by atoms with Crippen LogP contribution in [0.15, 0.2) is 48.8 Å². The van der Waals surface area contributed by atoms with Gasteiger partial charge in [0.25, 0.3) is 5.91 Å². The third kappa shape index (κ3) is 3.55. The number of carbonyl (C=O) groups excluding carboxylic acids is 1. The second-order valence-electron chi connectivity index (χ2n) is 6.96. The molecule has 150 valence electrons. The van der Waals surface area contributed by atoms with E-state index in [1.165, 1.54) is 0 Å². The number of ether oxygens (including phenoxy) is 1. The maximum atomic E-state index is 13.0. The molecule has 2 N–H and O–H groups in total. The standard InChI is InChI=1S/C23H21N5O2/c1-2-30-17-7-5-15(6-8-17)21-18(12-24)22(25)27-20-9-11-28(14-19(20)21)23(29)16-4-3-10-26-13-16/h3-8,10,13H,2,9,11,14H2,1H3,(H2,25,27). The topological polar surface area (TPSA) is 105 Å². The molecule has 7 nitrogen and oxygen atoms in total. The molecule has 0 bridgehead atoms. The normalized spacial score (nSPS) is 12.7. The lowest BCUT2D eigenvalue weighted by Crippen LogP contribution is -2.37. The van der Waals surface area contributed by atoms with E-state index in [1.807, 2.05) is 31.2 Å². The Kier molecular flexibility index (Phi) is 5.31. The van der Waals surface area contributed by atoms with Crippen molar-refractivity contribution in [1.82, 2.24) is 14.9 Å². The van der Waals surface area contributed by atoms with Crippen LogP contribution in [0.1, 0.15) is 34.1 Å². The summed E-state index contributed by atoms with van der Waals surface area (Å²) in [5.41, 5.74) is 10.2. The summed E-state index contributed by atoms with van der Waals surface area (Å²) < 4.78 is 5.53. The number of amides is 1. The van der Waals surface area contributed by atoms with E-state index in [0.717, 1.165) is 28.1 Å². The molecule has 1 aromatic carbocycles. The summed E-state index contributed by atoms with van der Waals surface area (Å²) in [6, 6.07) is 13.2. The van der Waals surface area contributed by atoms with Crippen molar-refractivity contribution in [2.45, 2.75) is 19.9 Å². The molecule has 1 amide bonds. The number of anilines is 1. The maximum absolute atomic E-state index is 13.0. The number of fused-ring (bicyclic) bond motifs is 1. The maximum Gasteiger partial charge on any atom is 0.255 e. The largest absolute Gasteiger partial charge is 0.494 e. The molecule has 0 saturated carbocycles. The van der Waals surface area contributed by atoms with Gasteiger partial charge in [-0.3, -0.25) is 9.78 Å². The average Bonchev–Trinajstić information content (AvgIpc) is 2.79. The van der Waals surface area contributed by atoms with E-state index >= 15 is 0 Å². The molecule has 1 aliphatic rings. The Morgan fingerprint density at radius 2 is 2.10 bits per heavy atom. The molecule has 0 spiro atoms. The molecule has 2 aromatic heterocycles. The fourth-order valence-corrected chi connectivity index (χ4v) is 3.74. The summed E-state index contributed by atoms with van der Waals surface area (Å²) in [7, 11) is 0. The number of hydrogen-bond acceptors (Lipinski definition) is 6. The fraction of sp³-hybridized carbons (Fsp3) is 0.217. The molecule has 0 fully saturated rings. The highest BCUT2D eigenvalue weighted by Gasteiger charge is 2.28. The monoisotopic (exact) mass is 399 g/mol. The van der Waals surface area contributed by atoms with Crippen LogP contribution >= 0.6 is 0 Å². The Hall–Kier alpha value is -3.92. The van der Waals surface area contributed by atoms with Crippen LogP contribution in [0.3, 0.4) is 0 Å². The Morgan fingerprint density at radius 1 is 1.30 bits per heavy atom. The van der Waals surface area contributed by atoms with Crippen LogP contribution in [-0.2, 0) is 13.0 Å². The van der Waals surface area contributed by atoms with E-state index in [2.05, 4.69) is 16.0 Å². The highest BCUT2D eigenvalue weighted by Crippen LogP contribution is 2.36. The van der Waals surface area contributed by atoms with E-state index in [4.69, 9.17) is 10.5 Å². The van der Waals surface area contributed by atoms with Crippen molar-refractivity contribution in [3.05, 3.63) is 71.2 Å². The highest BCUT2D eigenvalue weighted by atomic mass is 16.5. The molecule has 4 rings (SSSR count). The molecule has 3 aromatic rings. The minimum Gasteiger partial charge on any atom is -0.494 e. The second kappa shape index (κ2) is 8.21. The van der Waals surface area contributed by atoms with Crippen LogP contribution in [0.5, 0.6) is 5.75 Å². The number of carbonyl (C=O) groups is 1. The number of pyridine rings is 2. The molecule has 0 unspecified atom stereocenters. The van der Waals surface area contributed by atoms with Gasteiger partial charge in [-0.2, -0.15) is 5.26 Å². The minimum absolute atomic E-state index is 0.0956. The predicted molar refractivity (Wildman–Crippen MR) is 113 cm³/mol. The van der Waals surface area contributed by atoms with E-state index in [0.29, 0.717) is 37.2 Å².